The molecule has 3 rings (SSSR count). The molecule has 0 bridgehead atoms. The Morgan fingerprint density at radius 1 is 1.31 bits per heavy atom. The van der Waals surface area contributed by atoms with Crippen molar-refractivity contribution < 1.29 is 18.7 Å². The van der Waals surface area contributed by atoms with Gasteiger partial charge in [0.05, 0.1) is 13.0 Å². The van der Waals surface area contributed by atoms with E-state index in [1.54, 1.807) is 18.2 Å². The molecule has 1 amide bonds. The second-order valence-corrected chi connectivity index (χ2v) is 7.75. The van der Waals surface area contributed by atoms with Gasteiger partial charge in [-0.1, -0.05) is 30.4 Å². The van der Waals surface area contributed by atoms with Crippen LogP contribution in [0.15, 0.2) is 52.3 Å². The molecule has 26 heavy (non-hydrogen) atoms. The predicted octanol–water partition coefficient (Wildman–Crippen LogP) is 4.28. The summed E-state index contributed by atoms with van der Waals surface area (Å²) < 4.78 is 19.9. The van der Waals surface area contributed by atoms with Crippen molar-refractivity contribution in [1.82, 2.24) is 5.32 Å². The number of nitrogens with one attached hydrogen (secondary N) is 1. The lowest BCUT2D eigenvalue weighted by atomic mass is 9.85. The Morgan fingerprint density at radius 2 is 2.08 bits per heavy atom. The molecule has 0 saturated heterocycles. The summed E-state index contributed by atoms with van der Waals surface area (Å²) in [6.07, 6.45) is 4.20. The minimum atomic E-state index is -0.743. The minimum Gasteiger partial charge on any atom is -0.469 e. The van der Waals surface area contributed by atoms with Gasteiger partial charge in [-0.15, -0.1) is 11.3 Å². The van der Waals surface area contributed by atoms with Crippen LogP contribution in [0.1, 0.15) is 27.6 Å². The van der Waals surface area contributed by atoms with Gasteiger partial charge in [-0.3, -0.25) is 9.59 Å². The number of carbonyl (C=O) groups is 2. The van der Waals surface area contributed by atoms with Gasteiger partial charge in [0.25, 0.3) is 5.91 Å². The number of rotatable bonds is 5. The van der Waals surface area contributed by atoms with Crippen molar-refractivity contribution in [3.63, 3.8) is 0 Å². The van der Waals surface area contributed by atoms with Crippen LogP contribution < -0.4 is 5.32 Å². The summed E-state index contributed by atoms with van der Waals surface area (Å²) in [5, 5.41) is 4.77. The molecule has 1 aliphatic rings. The molecule has 1 aromatic heterocycles. The van der Waals surface area contributed by atoms with Crippen molar-refractivity contribution in [3.8, 4) is 0 Å². The Hall–Kier alpha value is -1.99. The van der Waals surface area contributed by atoms with Gasteiger partial charge in [0.2, 0.25) is 0 Å². The number of hydrogen-bond donors (Lipinski definition) is 1. The number of ether oxygens (including phenoxy) is 1. The van der Waals surface area contributed by atoms with Gasteiger partial charge < -0.3 is 10.1 Å². The van der Waals surface area contributed by atoms with Crippen molar-refractivity contribution in [2.75, 3.05) is 7.11 Å². The lowest BCUT2D eigenvalue weighted by molar-refractivity contribution is -0.143. The number of hydrogen-bond acceptors (Lipinski definition) is 4. The topological polar surface area (TPSA) is 55.4 Å². The smallest absolute Gasteiger partial charge is 0.313 e. The number of allylic oxidation sites excluding steroid dienone is 1. The second-order valence-electron chi connectivity index (χ2n) is 5.98. The van der Waals surface area contributed by atoms with Crippen LogP contribution in [0.2, 0.25) is 0 Å². The number of benzene rings is 1. The summed E-state index contributed by atoms with van der Waals surface area (Å²) in [5.74, 6) is -2.10. The first kappa shape index (κ1) is 18.8. The van der Waals surface area contributed by atoms with E-state index >= 15 is 0 Å². The third kappa shape index (κ3) is 3.88. The van der Waals surface area contributed by atoms with Crippen molar-refractivity contribution >= 4 is 39.1 Å². The van der Waals surface area contributed by atoms with E-state index in [1.165, 1.54) is 24.5 Å². The Bertz CT molecular complexity index is 851. The van der Waals surface area contributed by atoms with Crippen molar-refractivity contribution in [2.45, 2.75) is 18.4 Å². The van der Waals surface area contributed by atoms with Gasteiger partial charge >= 0.3 is 5.97 Å². The average Bonchev–Trinajstić information content (AvgIpc) is 3.25. The molecule has 1 heterocycles. The minimum absolute atomic E-state index is 0.178. The van der Waals surface area contributed by atoms with Gasteiger partial charge in [-0.2, -0.15) is 0 Å². The van der Waals surface area contributed by atoms with Gasteiger partial charge in [-0.05, 0) is 45.8 Å². The maximum atomic E-state index is 14.2. The van der Waals surface area contributed by atoms with Crippen LogP contribution in [0.3, 0.4) is 0 Å². The second kappa shape index (κ2) is 8.14. The fourth-order valence-electron chi connectivity index (χ4n) is 3.16. The number of methoxy groups -OCH3 is 1. The van der Waals surface area contributed by atoms with E-state index in [2.05, 4.69) is 21.2 Å². The molecule has 1 aromatic carbocycles. The van der Waals surface area contributed by atoms with E-state index in [4.69, 9.17) is 4.74 Å². The molecule has 0 spiro atoms. The lowest BCUT2D eigenvalue weighted by Gasteiger charge is -2.22. The molecule has 2 aromatic rings. The van der Waals surface area contributed by atoms with E-state index < -0.39 is 17.7 Å². The molecule has 3 atom stereocenters. The van der Waals surface area contributed by atoms with Gasteiger partial charge in [0.1, 0.15) is 10.7 Å². The van der Waals surface area contributed by atoms with Gasteiger partial charge in [-0.25, -0.2) is 4.39 Å². The predicted molar refractivity (Wildman–Crippen MR) is 102 cm³/mol. The number of halogens is 2. The molecule has 7 heteroatoms. The van der Waals surface area contributed by atoms with E-state index in [-0.39, 0.29) is 17.9 Å². The summed E-state index contributed by atoms with van der Waals surface area (Å²) in [6.45, 7) is 0. The molecule has 0 unspecified atom stereocenters. The molecule has 1 aliphatic carbocycles. The van der Waals surface area contributed by atoms with E-state index in [9.17, 15) is 14.0 Å². The van der Waals surface area contributed by atoms with Crippen molar-refractivity contribution in [1.29, 1.82) is 0 Å². The van der Waals surface area contributed by atoms with Gasteiger partial charge in [0, 0.05) is 16.1 Å². The molecule has 4 nitrogen and oxygen atoms in total. The van der Waals surface area contributed by atoms with Crippen LogP contribution in [0.4, 0.5) is 4.39 Å². The van der Waals surface area contributed by atoms with Gasteiger partial charge in [0.15, 0.2) is 0 Å². The molecule has 136 valence electrons. The van der Waals surface area contributed by atoms with Crippen LogP contribution in [0.5, 0.6) is 0 Å². The highest BCUT2D eigenvalue weighted by Gasteiger charge is 2.35. The molecule has 1 N–H and O–H groups in total. The highest BCUT2D eigenvalue weighted by molar-refractivity contribution is 9.10. The largest absolute Gasteiger partial charge is 0.469 e. The number of thiophene rings is 1. The lowest BCUT2D eigenvalue weighted by Crippen LogP contribution is -2.33. The fourth-order valence-corrected chi connectivity index (χ4v) is 4.61. The van der Waals surface area contributed by atoms with Crippen LogP contribution >= 0.6 is 27.3 Å². The maximum absolute atomic E-state index is 14.2. The van der Waals surface area contributed by atoms with Crippen LogP contribution in [-0.4, -0.2) is 25.0 Å². The molecular weight excluding hydrogens is 421 g/mol. The van der Waals surface area contributed by atoms with Crippen LogP contribution in [-0.2, 0) is 9.53 Å². The van der Waals surface area contributed by atoms with E-state index in [1.807, 2.05) is 23.6 Å². The summed E-state index contributed by atoms with van der Waals surface area (Å²) in [4.78, 5) is 25.3. The highest BCUT2D eigenvalue weighted by atomic mass is 79.9. The van der Waals surface area contributed by atoms with E-state index in [0.29, 0.717) is 16.9 Å². The first-order valence-electron chi connectivity index (χ1n) is 8.05. The first-order valence-corrected chi connectivity index (χ1v) is 9.73. The Morgan fingerprint density at radius 3 is 2.73 bits per heavy atom. The van der Waals surface area contributed by atoms with E-state index in [0.717, 1.165) is 4.47 Å². The Kier molecular flexibility index (Phi) is 5.88. The zero-order valence-electron chi connectivity index (χ0n) is 13.9. The number of amides is 1. The van der Waals surface area contributed by atoms with Crippen molar-refractivity contribution in [2.24, 2.45) is 5.92 Å². The van der Waals surface area contributed by atoms with Crippen LogP contribution in [0.25, 0.3) is 0 Å². The summed E-state index contributed by atoms with van der Waals surface area (Å²) >= 11 is 4.70. The molecule has 0 saturated carbocycles. The average molecular weight is 438 g/mol. The monoisotopic (exact) mass is 437 g/mol. The zero-order chi connectivity index (χ0) is 18.7. The molecule has 0 radical (unpaired) electrons. The molecule has 0 aliphatic heterocycles. The summed E-state index contributed by atoms with van der Waals surface area (Å²) in [7, 11) is 1.29. The number of carbonyl (C=O) groups excluding carboxylic acids is 2. The Balaban J connectivity index is 1.74. The number of esters is 1. The first-order chi connectivity index (χ1) is 12.5. The molecule has 0 fully saturated rings. The summed E-state index contributed by atoms with van der Waals surface area (Å²) in [6, 6.07) is 7.80. The summed E-state index contributed by atoms with van der Waals surface area (Å²) in [5.41, 5.74) is 0.307. The normalized spacial score (nSPS) is 20.0. The molecular formula is C19H17BrFNO3S. The fraction of sp³-hybridized carbons (Fsp3) is 0.263. The SMILES string of the molecule is COC(=O)[C@H](c1ccccc1F)[C@H]1C=C[C@@H](NC(=O)c2sccc2Br)C1. The van der Waals surface area contributed by atoms with Crippen molar-refractivity contribution in [3.05, 3.63) is 68.6 Å². The third-order valence-corrected chi connectivity index (χ3v) is 6.22. The third-order valence-electron chi connectivity index (χ3n) is 4.38. The zero-order valence-corrected chi connectivity index (χ0v) is 16.3. The van der Waals surface area contributed by atoms with Crippen LogP contribution in [0, 0.1) is 11.7 Å². The Labute approximate surface area is 163 Å². The maximum Gasteiger partial charge on any atom is 0.313 e. The highest BCUT2D eigenvalue weighted by Crippen LogP contribution is 2.35. The quantitative estimate of drug-likeness (QED) is 0.560. The standard InChI is InChI=1S/C19H17BrFNO3S/c1-25-19(24)16(13-4-2-3-5-15(13)21)11-6-7-12(10-11)22-18(23)17-14(20)8-9-26-17/h2-9,11-12,16H,10H2,1H3,(H,22,23)/t11-,12+,16-/m0/s1.